The van der Waals surface area contributed by atoms with Crippen molar-refractivity contribution in [2.75, 3.05) is 14.2 Å². The fourth-order valence-corrected chi connectivity index (χ4v) is 4.12. The number of phenols is 1. The molecule has 0 aliphatic carbocycles. The monoisotopic (exact) mass is 460 g/mol. The van der Waals surface area contributed by atoms with Gasteiger partial charge in [0.15, 0.2) is 11.5 Å². The van der Waals surface area contributed by atoms with Crippen molar-refractivity contribution in [3.05, 3.63) is 88.8 Å². The van der Waals surface area contributed by atoms with E-state index in [1.54, 1.807) is 62.0 Å². The van der Waals surface area contributed by atoms with Crippen molar-refractivity contribution in [3.8, 4) is 17.2 Å². The predicted molar refractivity (Wildman–Crippen MR) is 124 cm³/mol. The molecule has 1 atom stereocenters. The second kappa shape index (κ2) is 9.27. The van der Waals surface area contributed by atoms with Crippen molar-refractivity contribution >= 4 is 17.4 Å². The summed E-state index contributed by atoms with van der Waals surface area (Å²) in [6.07, 6.45) is 3.23. The molecule has 0 bridgehead atoms. The van der Waals surface area contributed by atoms with Gasteiger partial charge in [0.1, 0.15) is 11.5 Å². The molecule has 34 heavy (non-hydrogen) atoms. The van der Waals surface area contributed by atoms with Crippen molar-refractivity contribution in [1.29, 1.82) is 0 Å². The zero-order valence-electron chi connectivity index (χ0n) is 19.0. The average Bonchev–Trinajstić information content (AvgIpc) is 3.09. The van der Waals surface area contributed by atoms with E-state index in [0.717, 1.165) is 11.1 Å². The molecule has 0 saturated carbocycles. The SMILES string of the molecule is COc1ccc(/C(O)=C2/C(=O)C(=O)N(Cc3cccnc3)C2c2ccc(O)c(OC)c2)cc1C. The number of aliphatic hydroxyl groups is 1. The summed E-state index contributed by atoms with van der Waals surface area (Å²) in [5.41, 5.74) is 2.32. The number of hydrogen-bond donors (Lipinski definition) is 2. The summed E-state index contributed by atoms with van der Waals surface area (Å²) in [6, 6.07) is 12.2. The fourth-order valence-electron chi connectivity index (χ4n) is 4.12. The summed E-state index contributed by atoms with van der Waals surface area (Å²) in [6.45, 7) is 1.92. The number of phenolic OH excluding ortho intramolecular Hbond substituents is 1. The Kier molecular flexibility index (Phi) is 6.23. The molecule has 4 rings (SSSR count). The van der Waals surface area contributed by atoms with Gasteiger partial charge >= 0.3 is 0 Å². The molecule has 1 aromatic heterocycles. The third-order valence-electron chi connectivity index (χ3n) is 5.80. The number of aromatic nitrogens is 1. The third-order valence-corrected chi connectivity index (χ3v) is 5.80. The number of methoxy groups -OCH3 is 2. The van der Waals surface area contributed by atoms with E-state index in [0.29, 0.717) is 16.9 Å². The quantitative estimate of drug-likeness (QED) is 0.328. The van der Waals surface area contributed by atoms with Crippen LogP contribution in [0.3, 0.4) is 0 Å². The van der Waals surface area contributed by atoms with Crippen LogP contribution in [0.5, 0.6) is 17.2 Å². The molecule has 1 aliphatic heterocycles. The van der Waals surface area contributed by atoms with E-state index < -0.39 is 17.7 Å². The van der Waals surface area contributed by atoms with E-state index in [1.807, 2.05) is 6.92 Å². The highest BCUT2D eigenvalue weighted by molar-refractivity contribution is 6.46. The van der Waals surface area contributed by atoms with Crippen molar-refractivity contribution in [3.63, 3.8) is 0 Å². The van der Waals surface area contributed by atoms with Gasteiger partial charge in [0.2, 0.25) is 0 Å². The minimum absolute atomic E-state index is 0.0498. The minimum Gasteiger partial charge on any atom is -0.507 e. The number of aliphatic hydroxyl groups excluding tert-OH is 1. The largest absolute Gasteiger partial charge is 0.507 e. The van der Waals surface area contributed by atoms with Crippen molar-refractivity contribution < 1.29 is 29.3 Å². The average molecular weight is 460 g/mol. The molecule has 1 aliphatic rings. The van der Waals surface area contributed by atoms with Crippen molar-refractivity contribution in [2.24, 2.45) is 0 Å². The molecule has 8 nitrogen and oxygen atoms in total. The number of carbonyl (C=O) groups excluding carboxylic acids is 2. The molecule has 1 fully saturated rings. The molecular weight excluding hydrogens is 436 g/mol. The van der Waals surface area contributed by atoms with Crippen molar-refractivity contribution in [1.82, 2.24) is 9.88 Å². The minimum atomic E-state index is -0.905. The fraction of sp³-hybridized carbons (Fsp3) is 0.192. The van der Waals surface area contributed by atoms with Gasteiger partial charge < -0.3 is 24.6 Å². The van der Waals surface area contributed by atoms with Crippen LogP contribution in [0.1, 0.15) is 28.3 Å². The van der Waals surface area contributed by atoms with Gasteiger partial charge in [-0.15, -0.1) is 0 Å². The van der Waals surface area contributed by atoms with Crippen LogP contribution >= 0.6 is 0 Å². The number of ether oxygens (including phenoxy) is 2. The predicted octanol–water partition coefficient (Wildman–Crippen LogP) is 3.73. The Morgan fingerprint density at radius 2 is 1.82 bits per heavy atom. The number of benzene rings is 2. The number of amides is 1. The van der Waals surface area contributed by atoms with E-state index in [1.165, 1.54) is 18.1 Å². The molecule has 1 amide bonds. The number of aromatic hydroxyl groups is 1. The Balaban J connectivity index is 1.89. The highest BCUT2D eigenvalue weighted by atomic mass is 16.5. The smallest absolute Gasteiger partial charge is 0.295 e. The van der Waals surface area contributed by atoms with Gasteiger partial charge in [-0.3, -0.25) is 14.6 Å². The molecule has 1 unspecified atom stereocenters. The van der Waals surface area contributed by atoms with Crippen LogP contribution in [0.4, 0.5) is 0 Å². The Bertz CT molecular complexity index is 1290. The van der Waals surface area contributed by atoms with Gasteiger partial charge in [0.25, 0.3) is 11.7 Å². The molecule has 0 spiro atoms. The Morgan fingerprint density at radius 3 is 2.47 bits per heavy atom. The number of pyridine rings is 1. The number of rotatable bonds is 6. The summed E-state index contributed by atoms with van der Waals surface area (Å²) in [5, 5.41) is 21.3. The second-order valence-corrected chi connectivity index (χ2v) is 7.90. The molecule has 0 radical (unpaired) electrons. The lowest BCUT2D eigenvalue weighted by atomic mass is 9.94. The first kappa shape index (κ1) is 22.8. The maximum atomic E-state index is 13.2. The second-order valence-electron chi connectivity index (χ2n) is 7.90. The topological polar surface area (TPSA) is 109 Å². The van der Waals surface area contributed by atoms with Crippen molar-refractivity contribution in [2.45, 2.75) is 19.5 Å². The van der Waals surface area contributed by atoms with Gasteiger partial charge in [-0.1, -0.05) is 12.1 Å². The van der Waals surface area contributed by atoms with Crippen LogP contribution in [0.15, 0.2) is 66.5 Å². The zero-order valence-corrected chi connectivity index (χ0v) is 19.0. The number of aryl methyl sites for hydroxylation is 1. The highest BCUT2D eigenvalue weighted by Gasteiger charge is 2.46. The molecule has 1 saturated heterocycles. The summed E-state index contributed by atoms with van der Waals surface area (Å²) in [4.78, 5) is 31.8. The molecule has 2 heterocycles. The maximum Gasteiger partial charge on any atom is 0.295 e. The van der Waals surface area contributed by atoms with Crippen LogP contribution in [-0.4, -0.2) is 46.0 Å². The number of carbonyl (C=O) groups is 2. The number of likely N-dealkylation sites (tertiary alicyclic amines) is 1. The molecule has 2 aromatic carbocycles. The number of nitrogens with zero attached hydrogens (tertiary/aromatic N) is 2. The first-order valence-corrected chi connectivity index (χ1v) is 10.5. The maximum absolute atomic E-state index is 13.2. The van der Waals surface area contributed by atoms with E-state index in [9.17, 15) is 19.8 Å². The molecule has 3 aromatic rings. The summed E-state index contributed by atoms with van der Waals surface area (Å²) >= 11 is 0. The van der Waals surface area contributed by atoms with Crippen LogP contribution in [0.2, 0.25) is 0 Å². The number of Topliss-reactive ketones (excluding diaryl/α,β-unsaturated/α-hetero) is 1. The van der Waals surface area contributed by atoms with E-state index in [2.05, 4.69) is 4.98 Å². The lowest BCUT2D eigenvalue weighted by molar-refractivity contribution is -0.140. The number of hydrogen-bond acceptors (Lipinski definition) is 7. The first-order chi connectivity index (χ1) is 16.3. The van der Waals surface area contributed by atoms with Gasteiger partial charge in [0, 0.05) is 24.5 Å². The highest BCUT2D eigenvalue weighted by Crippen LogP contribution is 2.42. The molecule has 174 valence electrons. The Hall–Kier alpha value is -4.33. The van der Waals surface area contributed by atoms with Crippen LogP contribution in [-0.2, 0) is 16.1 Å². The summed E-state index contributed by atoms with van der Waals surface area (Å²) in [5.74, 6) is -1.10. The molecule has 8 heteroatoms. The third kappa shape index (κ3) is 4.05. The van der Waals surface area contributed by atoms with Gasteiger partial charge in [-0.2, -0.15) is 0 Å². The van der Waals surface area contributed by atoms with Gasteiger partial charge in [-0.05, 0) is 60.0 Å². The molecule has 2 N–H and O–H groups in total. The molecular formula is C26H24N2O6. The number of ketones is 1. The van der Waals surface area contributed by atoms with E-state index >= 15 is 0 Å². The van der Waals surface area contributed by atoms with E-state index in [4.69, 9.17) is 9.47 Å². The first-order valence-electron chi connectivity index (χ1n) is 10.5. The Labute approximate surface area is 196 Å². The lowest BCUT2D eigenvalue weighted by Crippen LogP contribution is -2.29. The van der Waals surface area contributed by atoms with E-state index in [-0.39, 0.29) is 29.4 Å². The van der Waals surface area contributed by atoms with Crippen LogP contribution in [0, 0.1) is 6.92 Å². The van der Waals surface area contributed by atoms with Gasteiger partial charge in [0.05, 0.1) is 25.8 Å². The lowest BCUT2D eigenvalue weighted by Gasteiger charge is -2.25. The van der Waals surface area contributed by atoms with Crippen LogP contribution < -0.4 is 9.47 Å². The standard InChI is InChI=1S/C26H24N2O6/c1-15-11-18(7-9-20(15)33-2)24(30)22-23(17-6-8-19(29)21(12-17)34-3)28(26(32)25(22)31)14-16-5-4-10-27-13-16/h4-13,23,29-30H,14H2,1-3H3/b24-22-. The summed E-state index contributed by atoms with van der Waals surface area (Å²) in [7, 11) is 2.95. The van der Waals surface area contributed by atoms with Crippen LogP contribution in [0.25, 0.3) is 5.76 Å². The normalized spacial score (nSPS) is 17.1. The summed E-state index contributed by atoms with van der Waals surface area (Å²) < 4.78 is 10.5. The zero-order chi connectivity index (χ0) is 24.4. The van der Waals surface area contributed by atoms with Gasteiger partial charge in [-0.25, -0.2) is 0 Å². The Morgan fingerprint density at radius 1 is 1.06 bits per heavy atom.